The lowest BCUT2D eigenvalue weighted by Crippen LogP contribution is -2.49. The molecule has 2 heterocycles. The zero-order chi connectivity index (χ0) is 19.4. The summed E-state index contributed by atoms with van der Waals surface area (Å²) < 4.78 is 0. The van der Waals surface area contributed by atoms with Crippen molar-refractivity contribution in [1.82, 2.24) is 20.0 Å². The first-order valence-corrected chi connectivity index (χ1v) is 11.4. The highest BCUT2D eigenvalue weighted by molar-refractivity contribution is 5.77. The van der Waals surface area contributed by atoms with Gasteiger partial charge >= 0.3 is 0 Å². The minimum absolute atomic E-state index is 0.106. The van der Waals surface area contributed by atoms with E-state index in [2.05, 4.69) is 33.9 Å². The third-order valence-electron chi connectivity index (χ3n) is 7.10. The Morgan fingerprint density at radius 3 is 2.07 bits per heavy atom. The molecule has 0 bridgehead atoms. The number of hydrogen-bond acceptors (Lipinski definition) is 4. The van der Waals surface area contributed by atoms with E-state index in [-0.39, 0.29) is 11.8 Å². The average molecular weight is 379 g/mol. The molecule has 2 saturated heterocycles. The lowest BCUT2D eigenvalue weighted by Gasteiger charge is -2.37. The van der Waals surface area contributed by atoms with Gasteiger partial charge in [-0.05, 0) is 64.0 Å². The van der Waals surface area contributed by atoms with Gasteiger partial charge in [0.25, 0.3) is 0 Å². The number of amides is 1. The van der Waals surface area contributed by atoms with Crippen molar-refractivity contribution in [2.24, 2.45) is 23.7 Å². The highest BCUT2D eigenvalue weighted by Crippen LogP contribution is 2.41. The molecule has 1 N–H and O–H groups in total. The largest absolute Gasteiger partial charge is 0.356 e. The van der Waals surface area contributed by atoms with Crippen molar-refractivity contribution in [1.29, 1.82) is 0 Å². The van der Waals surface area contributed by atoms with Crippen molar-refractivity contribution in [3.63, 3.8) is 0 Å². The average Bonchev–Trinajstić information content (AvgIpc) is 3.18. The Morgan fingerprint density at radius 2 is 1.52 bits per heavy atom. The zero-order valence-corrected chi connectivity index (χ0v) is 18.1. The molecule has 27 heavy (non-hydrogen) atoms. The van der Waals surface area contributed by atoms with E-state index in [1.165, 1.54) is 71.6 Å². The van der Waals surface area contributed by atoms with Gasteiger partial charge < -0.3 is 15.1 Å². The Hall–Kier alpha value is -0.650. The van der Waals surface area contributed by atoms with Gasteiger partial charge in [0.15, 0.2) is 0 Å². The molecular weight excluding hydrogens is 336 g/mol. The van der Waals surface area contributed by atoms with Crippen LogP contribution < -0.4 is 5.32 Å². The zero-order valence-electron chi connectivity index (χ0n) is 18.1. The third kappa shape index (κ3) is 5.91. The molecule has 0 radical (unpaired) electrons. The number of nitrogens with one attached hydrogen (secondary N) is 1. The van der Waals surface area contributed by atoms with Gasteiger partial charge in [-0.1, -0.05) is 13.8 Å². The maximum Gasteiger partial charge on any atom is 0.222 e. The monoisotopic (exact) mass is 378 g/mol. The van der Waals surface area contributed by atoms with Crippen LogP contribution in [0.5, 0.6) is 0 Å². The Morgan fingerprint density at radius 1 is 0.926 bits per heavy atom. The molecule has 0 aromatic heterocycles. The highest BCUT2D eigenvalue weighted by Gasteiger charge is 2.40. The number of fused-ring (bicyclic) bond motifs is 1. The van der Waals surface area contributed by atoms with Crippen LogP contribution >= 0.6 is 0 Å². The number of nitrogens with zero attached hydrogens (tertiary/aromatic N) is 3. The Balaban J connectivity index is 1.27. The quantitative estimate of drug-likeness (QED) is 0.702. The van der Waals surface area contributed by atoms with E-state index in [1.807, 2.05) is 13.8 Å². The number of likely N-dealkylation sites (tertiary alicyclic amines) is 1. The van der Waals surface area contributed by atoms with Crippen LogP contribution in [0.25, 0.3) is 0 Å². The lowest BCUT2D eigenvalue weighted by atomic mass is 10.0. The van der Waals surface area contributed by atoms with Crippen molar-refractivity contribution in [3.05, 3.63) is 0 Å². The van der Waals surface area contributed by atoms with Gasteiger partial charge in [-0.2, -0.15) is 0 Å². The number of rotatable bonds is 8. The van der Waals surface area contributed by atoms with Gasteiger partial charge in [-0.3, -0.25) is 9.69 Å². The molecule has 2 unspecified atom stereocenters. The van der Waals surface area contributed by atoms with E-state index in [9.17, 15) is 4.79 Å². The summed E-state index contributed by atoms with van der Waals surface area (Å²) in [6, 6.07) is 0.693. The summed E-state index contributed by atoms with van der Waals surface area (Å²) in [6.45, 7) is 19.5. The molecule has 2 aliphatic heterocycles. The molecule has 1 saturated carbocycles. The van der Waals surface area contributed by atoms with Crippen molar-refractivity contribution in [3.8, 4) is 0 Å². The summed E-state index contributed by atoms with van der Waals surface area (Å²) in [7, 11) is 0. The smallest absolute Gasteiger partial charge is 0.222 e. The fourth-order valence-corrected chi connectivity index (χ4v) is 5.34. The third-order valence-corrected chi connectivity index (χ3v) is 7.10. The summed E-state index contributed by atoms with van der Waals surface area (Å²) in [4.78, 5) is 19.7. The van der Waals surface area contributed by atoms with Crippen LogP contribution in [0, 0.1) is 23.7 Å². The highest BCUT2D eigenvalue weighted by atomic mass is 16.1. The van der Waals surface area contributed by atoms with Gasteiger partial charge in [-0.15, -0.1) is 0 Å². The molecule has 0 aromatic carbocycles. The topological polar surface area (TPSA) is 38.8 Å². The molecule has 2 atom stereocenters. The van der Waals surface area contributed by atoms with Crippen molar-refractivity contribution in [2.75, 3.05) is 58.9 Å². The molecule has 1 aliphatic carbocycles. The standard InChI is InChI=1S/C22H42N4O/c1-17(2)22(27)23-14-19-12-20-15-25(16-21(20)13-19)7-5-6-24-8-10-26(11-9-24)18(3)4/h17-21H,5-16H2,1-4H3,(H,23,27). The second-order valence-electron chi connectivity index (χ2n) is 9.84. The van der Waals surface area contributed by atoms with Crippen LogP contribution in [0.3, 0.4) is 0 Å². The Bertz CT molecular complexity index is 459. The van der Waals surface area contributed by atoms with Crippen LogP contribution in [-0.2, 0) is 4.79 Å². The molecular formula is C22H42N4O. The summed E-state index contributed by atoms with van der Waals surface area (Å²) in [5, 5.41) is 3.14. The number of piperazine rings is 1. The SMILES string of the molecule is CC(C)C(=O)NCC1CC2CN(CCCN3CCN(C(C)C)CC3)CC2C1. The van der Waals surface area contributed by atoms with Gasteiger partial charge in [0, 0.05) is 57.8 Å². The fraction of sp³-hybridized carbons (Fsp3) is 0.955. The maximum absolute atomic E-state index is 11.8. The molecule has 5 heteroatoms. The minimum Gasteiger partial charge on any atom is -0.356 e. The van der Waals surface area contributed by atoms with E-state index >= 15 is 0 Å². The normalized spacial score (nSPS) is 30.4. The molecule has 1 amide bonds. The second-order valence-corrected chi connectivity index (χ2v) is 9.84. The number of carbonyl (C=O) groups is 1. The van der Waals surface area contributed by atoms with E-state index < -0.39 is 0 Å². The first-order valence-electron chi connectivity index (χ1n) is 11.4. The number of carbonyl (C=O) groups excluding carboxylic acids is 1. The van der Waals surface area contributed by atoms with E-state index in [0.717, 1.165) is 18.4 Å². The van der Waals surface area contributed by atoms with Crippen LogP contribution in [0.1, 0.15) is 47.0 Å². The van der Waals surface area contributed by atoms with E-state index in [4.69, 9.17) is 0 Å². The molecule has 5 nitrogen and oxygen atoms in total. The van der Waals surface area contributed by atoms with Crippen LogP contribution in [0.4, 0.5) is 0 Å². The fourth-order valence-electron chi connectivity index (χ4n) is 5.34. The van der Waals surface area contributed by atoms with Gasteiger partial charge in [-0.25, -0.2) is 0 Å². The molecule has 3 aliphatic rings. The van der Waals surface area contributed by atoms with Gasteiger partial charge in [0.2, 0.25) is 5.91 Å². The molecule has 3 rings (SSSR count). The maximum atomic E-state index is 11.8. The second kappa shape index (κ2) is 9.71. The molecule has 156 valence electrons. The molecule has 0 spiro atoms. The van der Waals surface area contributed by atoms with Crippen molar-refractivity contribution >= 4 is 5.91 Å². The van der Waals surface area contributed by atoms with E-state index in [1.54, 1.807) is 0 Å². The van der Waals surface area contributed by atoms with E-state index in [0.29, 0.717) is 12.0 Å². The predicted molar refractivity (Wildman–Crippen MR) is 112 cm³/mol. The predicted octanol–water partition coefficient (Wildman–Crippen LogP) is 2.13. The summed E-state index contributed by atoms with van der Waals surface area (Å²) >= 11 is 0. The van der Waals surface area contributed by atoms with Gasteiger partial charge in [0.1, 0.15) is 0 Å². The summed E-state index contributed by atoms with van der Waals surface area (Å²) in [5.41, 5.74) is 0. The molecule has 0 aromatic rings. The minimum atomic E-state index is 0.106. The first kappa shape index (κ1) is 21.1. The van der Waals surface area contributed by atoms with Crippen molar-refractivity contribution in [2.45, 2.75) is 53.0 Å². The van der Waals surface area contributed by atoms with Gasteiger partial charge in [0.05, 0.1) is 0 Å². The Kier molecular flexibility index (Phi) is 7.57. The van der Waals surface area contributed by atoms with Crippen LogP contribution in [0.2, 0.25) is 0 Å². The van der Waals surface area contributed by atoms with Crippen LogP contribution in [0.15, 0.2) is 0 Å². The summed E-state index contributed by atoms with van der Waals surface area (Å²) in [6.07, 6.45) is 3.95. The number of hydrogen-bond donors (Lipinski definition) is 1. The first-order chi connectivity index (χ1) is 12.9. The molecule has 3 fully saturated rings. The van der Waals surface area contributed by atoms with Crippen LogP contribution in [-0.4, -0.2) is 85.6 Å². The van der Waals surface area contributed by atoms with Crippen molar-refractivity contribution < 1.29 is 4.79 Å². The lowest BCUT2D eigenvalue weighted by molar-refractivity contribution is -0.124. The Labute approximate surface area is 166 Å². The summed E-state index contributed by atoms with van der Waals surface area (Å²) in [5.74, 6) is 2.78.